The Hall–Kier alpha value is -1.67. The third-order valence-corrected chi connectivity index (χ3v) is 3.08. The summed E-state index contributed by atoms with van der Waals surface area (Å²) in [5, 5.41) is 18.1. The van der Waals surface area contributed by atoms with Gasteiger partial charge >= 0.3 is 0 Å². The molecule has 2 atom stereocenters. The monoisotopic (exact) mass is 218 g/mol. The summed E-state index contributed by atoms with van der Waals surface area (Å²) in [7, 11) is 0. The van der Waals surface area contributed by atoms with Crippen LogP contribution in [0, 0.1) is 17.2 Å². The van der Waals surface area contributed by atoms with E-state index in [0.717, 1.165) is 13.0 Å². The van der Waals surface area contributed by atoms with Crippen molar-refractivity contribution < 1.29 is 5.11 Å². The van der Waals surface area contributed by atoms with Crippen LogP contribution in [0.2, 0.25) is 0 Å². The summed E-state index contributed by atoms with van der Waals surface area (Å²) in [5.41, 5.74) is 0.362. The first-order valence-electron chi connectivity index (χ1n) is 5.37. The Morgan fingerprint density at radius 3 is 3.19 bits per heavy atom. The van der Waals surface area contributed by atoms with Gasteiger partial charge in [-0.05, 0) is 18.4 Å². The third-order valence-electron chi connectivity index (χ3n) is 3.08. The number of aromatic nitrogens is 2. The smallest absolute Gasteiger partial charge is 0.226 e. The SMILES string of the molecule is CC1CCN(c2nccc(C#N)n2)C1CO. The molecule has 1 aromatic rings. The van der Waals surface area contributed by atoms with Gasteiger partial charge in [-0.2, -0.15) is 5.26 Å². The third kappa shape index (κ3) is 1.84. The number of aliphatic hydroxyl groups is 1. The molecular formula is C11H14N4O. The summed E-state index contributed by atoms with van der Waals surface area (Å²) in [6.45, 7) is 3.04. The van der Waals surface area contributed by atoms with E-state index in [1.165, 1.54) is 0 Å². The van der Waals surface area contributed by atoms with Gasteiger partial charge in [-0.3, -0.25) is 0 Å². The fraction of sp³-hybridized carbons (Fsp3) is 0.545. The lowest BCUT2D eigenvalue weighted by Crippen LogP contribution is -2.36. The standard InChI is InChI=1S/C11H14N4O/c1-8-3-5-15(10(8)7-16)11-13-4-2-9(6-12)14-11/h2,4,8,10,16H,3,5,7H2,1H3. The van der Waals surface area contributed by atoms with Crippen molar-refractivity contribution in [2.75, 3.05) is 18.1 Å². The van der Waals surface area contributed by atoms with Gasteiger partial charge < -0.3 is 10.0 Å². The van der Waals surface area contributed by atoms with Gasteiger partial charge in [0.15, 0.2) is 0 Å². The molecular weight excluding hydrogens is 204 g/mol. The molecule has 1 aliphatic rings. The minimum Gasteiger partial charge on any atom is -0.394 e. The molecule has 0 aliphatic carbocycles. The molecule has 2 rings (SSSR count). The molecule has 1 aromatic heterocycles. The van der Waals surface area contributed by atoms with E-state index in [4.69, 9.17) is 5.26 Å². The molecule has 0 amide bonds. The Kier molecular flexibility index (Phi) is 3.02. The average Bonchev–Trinajstić information content (AvgIpc) is 2.70. The van der Waals surface area contributed by atoms with Crippen LogP contribution in [0.1, 0.15) is 19.0 Å². The van der Waals surface area contributed by atoms with Crippen molar-refractivity contribution in [2.45, 2.75) is 19.4 Å². The maximum atomic E-state index is 9.33. The summed E-state index contributed by atoms with van der Waals surface area (Å²) in [5.74, 6) is 0.974. The summed E-state index contributed by atoms with van der Waals surface area (Å²) in [6.07, 6.45) is 2.60. The zero-order chi connectivity index (χ0) is 11.5. The Labute approximate surface area is 94.4 Å². The second-order valence-corrected chi connectivity index (χ2v) is 4.06. The van der Waals surface area contributed by atoms with E-state index in [9.17, 15) is 5.11 Å². The maximum absolute atomic E-state index is 9.33. The minimum atomic E-state index is 0.0638. The maximum Gasteiger partial charge on any atom is 0.226 e. The number of aliphatic hydroxyl groups excluding tert-OH is 1. The van der Waals surface area contributed by atoms with Crippen LogP contribution in [0.5, 0.6) is 0 Å². The van der Waals surface area contributed by atoms with Gasteiger partial charge in [0, 0.05) is 12.7 Å². The Bertz CT molecular complexity index is 415. The van der Waals surface area contributed by atoms with Crippen molar-refractivity contribution in [3.63, 3.8) is 0 Å². The lowest BCUT2D eigenvalue weighted by molar-refractivity contribution is 0.244. The fourth-order valence-corrected chi connectivity index (χ4v) is 2.08. The first-order chi connectivity index (χ1) is 7.76. The molecule has 5 heteroatoms. The lowest BCUT2D eigenvalue weighted by Gasteiger charge is -2.24. The van der Waals surface area contributed by atoms with Crippen LogP contribution in [0.4, 0.5) is 5.95 Å². The van der Waals surface area contributed by atoms with Crippen molar-refractivity contribution in [2.24, 2.45) is 5.92 Å². The predicted molar refractivity (Wildman–Crippen MR) is 58.7 cm³/mol. The van der Waals surface area contributed by atoms with Gasteiger partial charge in [0.2, 0.25) is 5.95 Å². The van der Waals surface area contributed by atoms with Crippen LogP contribution in [0.15, 0.2) is 12.3 Å². The van der Waals surface area contributed by atoms with E-state index in [2.05, 4.69) is 16.9 Å². The number of rotatable bonds is 2. The van der Waals surface area contributed by atoms with Crippen molar-refractivity contribution in [3.05, 3.63) is 18.0 Å². The van der Waals surface area contributed by atoms with Gasteiger partial charge in [0.05, 0.1) is 12.6 Å². The van der Waals surface area contributed by atoms with Crippen LogP contribution in [0.25, 0.3) is 0 Å². The number of anilines is 1. The van der Waals surface area contributed by atoms with Gasteiger partial charge in [-0.1, -0.05) is 6.92 Å². The van der Waals surface area contributed by atoms with Gasteiger partial charge in [0.25, 0.3) is 0 Å². The Morgan fingerprint density at radius 1 is 1.69 bits per heavy atom. The highest BCUT2D eigenvalue weighted by molar-refractivity contribution is 5.36. The summed E-state index contributed by atoms with van der Waals surface area (Å²) < 4.78 is 0. The van der Waals surface area contributed by atoms with Gasteiger partial charge in [-0.25, -0.2) is 9.97 Å². The molecule has 1 aliphatic heterocycles. The highest BCUT2D eigenvalue weighted by Crippen LogP contribution is 2.26. The molecule has 2 heterocycles. The molecule has 0 radical (unpaired) electrons. The highest BCUT2D eigenvalue weighted by atomic mass is 16.3. The van der Waals surface area contributed by atoms with Crippen LogP contribution < -0.4 is 4.90 Å². The molecule has 1 N–H and O–H groups in total. The molecule has 1 fully saturated rings. The fourth-order valence-electron chi connectivity index (χ4n) is 2.08. The molecule has 0 saturated carbocycles. The average molecular weight is 218 g/mol. The number of hydrogen-bond acceptors (Lipinski definition) is 5. The molecule has 5 nitrogen and oxygen atoms in total. The van der Waals surface area contributed by atoms with Crippen LogP contribution in [-0.4, -0.2) is 34.3 Å². The molecule has 2 unspecified atom stereocenters. The normalized spacial score (nSPS) is 24.4. The quantitative estimate of drug-likeness (QED) is 0.785. The van der Waals surface area contributed by atoms with E-state index in [1.807, 2.05) is 11.0 Å². The van der Waals surface area contributed by atoms with Crippen LogP contribution in [-0.2, 0) is 0 Å². The van der Waals surface area contributed by atoms with Gasteiger partial charge in [-0.15, -0.1) is 0 Å². The second-order valence-electron chi connectivity index (χ2n) is 4.06. The van der Waals surface area contributed by atoms with Crippen molar-refractivity contribution in [3.8, 4) is 6.07 Å². The summed E-state index contributed by atoms with van der Waals surface area (Å²) in [4.78, 5) is 10.3. The van der Waals surface area contributed by atoms with Crippen LogP contribution in [0.3, 0.4) is 0 Å². The van der Waals surface area contributed by atoms with E-state index in [1.54, 1.807) is 12.3 Å². The Morgan fingerprint density at radius 2 is 2.50 bits per heavy atom. The zero-order valence-corrected chi connectivity index (χ0v) is 9.17. The number of nitrogens with zero attached hydrogens (tertiary/aromatic N) is 4. The minimum absolute atomic E-state index is 0.0638. The number of hydrogen-bond donors (Lipinski definition) is 1. The topological polar surface area (TPSA) is 73.0 Å². The van der Waals surface area contributed by atoms with E-state index >= 15 is 0 Å². The van der Waals surface area contributed by atoms with E-state index in [0.29, 0.717) is 17.6 Å². The van der Waals surface area contributed by atoms with E-state index in [-0.39, 0.29) is 12.6 Å². The molecule has 16 heavy (non-hydrogen) atoms. The van der Waals surface area contributed by atoms with Crippen molar-refractivity contribution in [1.29, 1.82) is 5.26 Å². The molecule has 0 bridgehead atoms. The van der Waals surface area contributed by atoms with Crippen LogP contribution >= 0.6 is 0 Å². The van der Waals surface area contributed by atoms with Gasteiger partial charge in [0.1, 0.15) is 11.8 Å². The van der Waals surface area contributed by atoms with Crippen molar-refractivity contribution >= 4 is 5.95 Å². The lowest BCUT2D eigenvalue weighted by atomic mass is 10.0. The first-order valence-corrected chi connectivity index (χ1v) is 5.37. The molecule has 84 valence electrons. The number of nitriles is 1. The van der Waals surface area contributed by atoms with Crippen molar-refractivity contribution in [1.82, 2.24) is 9.97 Å². The second kappa shape index (κ2) is 4.45. The van der Waals surface area contributed by atoms with E-state index < -0.39 is 0 Å². The molecule has 0 spiro atoms. The first kappa shape index (κ1) is 10.8. The zero-order valence-electron chi connectivity index (χ0n) is 9.17. The molecule has 0 aromatic carbocycles. The molecule has 1 saturated heterocycles. The highest BCUT2D eigenvalue weighted by Gasteiger charge is 2.32. The predicted octanol–water partition coefficient (Wildman–Crippen LogP) is 0.555. The Balaban J connectivity index is 2.27. The summed E-state index contributed by atoms with van der Waals surface area (Å²) in [6, 6.07) is 3.64. The summed E-state index contributed by atoms with van der Waals surface area (Å²) >= 11 is 0. The largest absolute Gasteiger partial charge is 0.394 e.